The zero-order valence-electron chi connectivity index (χ0n) is 14.7. The molecule has 4 aromatic rings. The Labute approximate surface area is 155 Å². The standard InChI is InChI=1S/C20H17N5O2/c1-14-6-2-3-8-17(14)27-20-15(7-4-9-22-20)12-23-19(26)16-13-24-25-11-5-10-21-18(16)25/h2-11,13H,12H2,1H3,(H,23,26). The fourth-order valence-electron chi connectivity index (χ4n) is 2.68. The molecule has 3 heterocycles. The third-order valence-electron chi connectivity index (χ3n) is 4.11. The quantitative estimate of drug-likeness (QED) is 0.592. The number of rotatable bonds is 5. The van der Waals surface area contributed by atoms with Crippen molar-refractivity contribution in [1.82, 2.24) is 24.9 Å². The lowest BCUT2D eigenvalue weighted by Crippen LogP contribution is -2.23. The molecule has 0 saturated carbocycles. The third kappa shape index (κ3) is 3.48. The van der Waals surface area contributed by atoms with Crippen LogP contribution in [0.5, 0.6) is 11.6 Å². The summed E-state index contributed by atoms with van der Waals surface area (Å²) in [6.45, 7) is 2.25. The number of aromatic nitrogens is 4. The molecule has 0 aliphatic carbocycles. The van der Waals surface area contributed by atoms with Gasteiger partial charge in [0.15, 0.2) is 5.65 Å². The minimum Gasteiger partial charge on any atom is -0.438 e. The van der Waals surface area contributed by atoms with E-state index in [4.69, 9.17) is 4.74 Å². The molecular weight excluding hydrogens is 342 g/mol. The van der Waals surface area contributed by atoms with Gasteiger partial charge in [-0.1, -0.05) is 24.3 Å². The highest BCUT2D eigenvalue weighted by molar-refractivity contribution is 5.99. The van der Waals surface area contributed by atoms with Crippen LogP contribution in [0.25, 0.3) is 5.65 Å². The van der Waals surface area contributed by atoms with Gasteiger partial charge in [-0.15, -0.1) is 0 Å². The van der Waals surface area contributed by atoms with Crippen molar-refractivity contribution in [1.29, 1.82) is 0 Å². The molecule has 0 unspecified atom stereocenters. The van der Waals surface area contributed by atoms with Crippen LogP contribution >= 0.6 is 0 Å². The summed E-state index contributed by atoms with van der Waals surface area (Å²) in [5, 5.41) is 7.02. The van der Waals surface area contributed by atoms with Gasteiger partial charge in [0.1, 0.15) is 11.3 Å². The molecule has 0 atom stereocenters. The highest BCUT2D eigenvalue weighted by Crippen LogP contribution is 2.25. The van der Waals surface area contributed by atoms with Crippen molar-refractivity contribution in [2.45, 2.75) is 13.5 Å². The van der Waals surface area contributed by atoms with Gasteiger partial charge in [-0.25, -0.2) is 14.5 Å². The zero-order chi connectivity index (χ0) is 18.6. The van der Waals surface area contributed by atoms with Gasteiger partial charge >= 0.3 is 0 Å². The fraction of sp³-hybridized carbons (Fsp3) is 0.100. The molecule has 0 spiro atoms. The van der Waals surface area contributed by atoms with E-state index in [1.54, 1.807) is 29.2 Å². The molecule has 134 valence electrons. The summed E-state index contributed by atoms with van der Waals surface area (Å²) in [4.78, 5) is 21.1. The topological polar surface area (TPSA) is 81.4 Å². The first kappa shape index (κ1) is 16.7. The number of hydrogen-bond acceptors (Lipinski definition) is 5. The second kappa shape index (κ2) is 7.25. The van der Waals surface area contributed by atoms with E-state index in [0.29, 0.717) is 17.1 Å². The van der Waals surface area contributed by atoms with Crippen molar-refractivity contribution in [2.24, 2.45) is 0 Å². The third-order valence-corrected chi connectivity index (χ3v) is 4.11. The molecule has 0 saturated heterocycles. The second-order valence-corrected chi connectivity index (χ2v) is 5.96. The molecule has 1 aromatic carbocycles. The molecule has 27 heavy (non-hydrogen) atoms. The minimum absolute atomic E-state index is 0.255. The Bertz CT molecular complexity index is 1110. The molecule has 0 radical (unpaired) electrons. The number of carbonyl (C=O) groups excluding carboxylic acids is 1. The first-order valence-corrected chi connectivity index (χ1v) is 8.46. The lowest BCUT2D eigenvalue weighted by molar-refractivity contribution is 0.0952. The molecular formula is C20H17N5O2. The zero-order valence-corrected chi connectivity index (χ0v) is 14.7. The van der Waals surface area contributed by atoms with E-state index in [1.807, 2.05) is 43.3 Å². The lowest BCUT2D eigenvalue weighted by atomic mass is 10.2. The Kier molecular flexibility index (Phi) is 4.49. The molecule has 1 amide bonds. The summed E-state index contributed by atoms with van der Waals surface area (Å²) in [7, 11) is 0. The summed E-state index contributed by atoms with van der Waals surface area (Å²) in [5.41, 5.74) is 2.72. The number of para-hydroxylation sites is 1. The smallest absolute Gasteiger partial charge is 0.257 e. The van der Waals surface area contributed by atoms with Crippen LogP contribution in [0.4, 0.5) is 0 Å². The number of amides is 1. The van der Waals surface area contributed by atoms with Crippen LogP contribution in [0.1, 0.15) is 21.5 Å². The van der Waals surface area contributed by atoms with E-state index in [-0.39, 0.29) is 12.5 Å². The summed E-state index contributed by atoms with van der Waals surface area (Å²) in [5.74, 6) is 0.940. The van der Waals surface area contributed by atoms with Gasteiger partial charge < -0.3 is 10.1 Å². The summed E-state index contributed by atoms with van der Waals surface area (Å²) in [6, 6.07) is 13.1. The van der Waals surface area contributed by atoms with Crippen molar-refractivity contribution in [3.8, 4) is 11.6 Å². The number of hydrogen-bond donors (Lipinski definition) is 1. The Morgan fingerprint density at radius 2 is 1.96 bits per heavy atom. The lowest BCUT2D eigenvalue weighted by Gasteiger charge is -2.12. The first-order valence-electron chi connectivity index (χ1n) is 8.46. The fourth-order valence-corrected chi connectivity index (χ4v) is 2.68. The number of benzene rings is 1. The summed E-state index contributed by atoms with van der Waals surface area (Å²) >= 11 is 0. The average Bonchev–Trinajstić information content (AvgIpc) is 3.13. The Balaban J connectivity index is 1.52. The number of ether oxygens (including phenoxy) is 1. The second-order valence-electron chi connectivity index (χ2n) is 5.96. The van der Waals surface area contributed by atoms with Crippen LogP contribution in [-0.4, -0.2) is 25.5 Å². The largest absolute Gasteiger partial charge is 0.438 e. The Morgan fingerprint density at radius 3 is 2.85 bits per heavy atom. The van der Waals surface area contributed by atoms with Crippen LogP contribution in [0, 0.1) is 6.92 Å². The Morgan fingerprint density at radius 1 is 1.11 bits per heavy atom. The molecule has 0 aliphatic rings. The monoisotopic (exact) mass is 359 g/mol. The van der Waals surface area contributed by atoms with Crippen LogP contribution in [0.3, 0.4) is 0 Å². The van der Waals surface area contributed by atoms with Gasteiger partial charge in [0.05, 0.1) is 6.20 Å². The molecule has 3 aromatic heterocycles. The van der Waals surface area contributed by atoms with E-state index in [0.717, 1.165) is 16.9 Å². The normalized spacial score (nSPS) is 10.7. The average molecular weight is 359 g/mol. The maximum absolute atomic E-state index is 12.6. The van der Waals surface area contributed by atoms with Crippen molar-refractivity contribution in [3.63, 3.8) is 0 Å². The minimum atomic E-state index is -0.255. The predicted octanol–water partition coefficient (Wildman–Crippen LogP) is 3.16. The van der Waals surface area contributed by atoms with Crippen molar-refractivity contribution in [2.75, 3.05) is 0 Å². The highest BCUT2D eigenvalue weighted by atomic mass is 16.5. The van der Waals surface area contributed by atoms with E-state index in [1.165, 1.54) is 6.20 Å². The van der Waals surface area contributed by atoms with Gasteiger partial charge in [-0.05, 0) is 30.7 Å². The van der Waals surface area contributed by atoms with Gasteiger partial charge in [-0.3, -0.25) is 4.79 Å². The van der Waals surface area contributed by atoms with Crippen LogP contribution in [-0.2, 0) is 6.54 Å². The number of pyridine rings is 1. The van der Waals surface area contributed by atoms with Gasteiger partial charge in [0.25, 0.3) is 5.91 Å². The summed E-state index contributed by atoms with van der Waals surface area (Å²) < 4.78 is 7.50. The predicted molar refractivity (Wildman–Crippen MR) is 99.6 cm³/mol. The van der Waals surface area contributed by atoms with Crippen molar-refractivity contribution < 1.29 is 9.53 Å². The van der Waals surface area contributed by atoms with Crippen molar-refractivity contribution >= 4 is 11.6 Å². The molecule has 1 N–H and O–H groups in total. The molecule has 7 nitrogen and oxygen atoms in total. The molecule has 0 bridgehead atoms. The maximum atomic E-state index is 12.6. The van der Waals surface area contributed by atoms with E-state index in [9.17, 15) is 4.79 Å². The highest BCUT2D eigenvalue weighted by Gasteiger charge is 2.15. The SMILES string of the molecule is Cc1ccccc1Oc1ncccc1CNC(=O)c1cnn2cccnc12. The molecule has 0 aliphatic heterocycles. The van der Waals surface area contributed by atoms with Gasteiger partial charge in [0, 0.05) is 30.7 Å². The number of fused-ring (bicyclic) bond motifs is 1. The van der Waals surface area contributed by atoms with Crippen molar-refractivity contribution in [3.05, 3.63) is 83.9 Å². The number of nitrogens with zero attached hydrogens (tertiary/aromatic N) is 4. The van der Waals surface area contributed by atoms with E-state index >= 15 is 0 Å². The van der Waals surface area contributed by atoms with Crippen LogP contribution in [0.2, 0.25) is 0 Å². The summed E-state index contributed by atoms with van der Waals surface area (Å²) in [6.07, 6.45) is 6.54. The van der Waals surface area contributed by atoms with Crippen LogP contribution in [0.15, 0.2) is 67.3 Å². The van der Waals surface area contributed by atoms with E-state index < -0.39 is 0 Å². The maximum Gasteiger partial charge on any atom is 0.257 e. The van der Waals surface area contributed by atoms with Gasteiger partial charge in [0.2, 0.25) is 5.88 Å². The molecule has 0 fully saturated rings. The number of nitrogens with one attached hydrogen (secondary N) is 1. The number of carbonyl (C=O) groups is 1. The van der Waals surface area contributed by atoms with Gasteiger partial charge in [-0.2, -0.15) is 5.10 Å². The Hall–Kier alpha value is -3.74. The molecule has 4 rings (SSSR count). The number of aryl methyl sites for hydroxylation is 1. The van der Waals surface area contributed by atoms with E-state index in [2.05, 4.69) is 20.4 Å². The molecule has 7 heteroatoms. The van der Waals surface area contributed by atoms with Crippen LogP contribution < -0.4 is 10.1 Å². The first-order chi connectivity index (χ1) is 13.2.